The first-order chi connectivity index (χ1) is 13.2. The van der Waals surface area contributed by atoms with Gasteiger partial charge in [0.1, 0.15) is 0 Å². The fourth-order valence-corrected chi connectivity index (χ4v) is 4.58. The summed E-state index contributed by atoms with van der Waals surface area (Å²) in [7, 11) is 3.39. The molecule has 0 amide bonds. The maximum atomic E-state index is 5.43. The Morgan fingerprint density at radius 2 is 1.56 bits per heavy atom. The Kier molecular flexibility index (Phi) is 9.02. The highest BCUT2D eigenvalue weighted by Crippen LogP contribution is 2.39. The quantitative estimate of drug-likeness (QED) is 0.666. The molecule has 1 atom stereocenters. The minimum atomic E-state index is 0.250. The standard InChI is InChI=1S/C17H27NO2S.C6H6/c1-5-7-8-17(6-2)12-21-16-10-15(20-4)14(19-3)9-13(16)11-18-17;1-2-4-6-5-3-1/h9-10,18H,5-8,11-12H2,1-4H3;1-6H/t17-;/m1./s1. The van der Waals surface area contributed by atoms with Gasteiger partial charge in [0.05, 0.1) is 14.2 Å². The fourth-order valence-electron chi connectivity index (χ4n) is 3.19. The van der Waals surface area contributed by atoms with Gasteiger partial charge < -0.3 is 14.8 Å². The molecule has 0 fully saturated rings. The van der Waals surface area contributed by atoms with Crippen LogP contribution in [0.15, 0.2) is 53.4 Å². The summed E-state index contributed by atoms with van der Waals surface area (Å²) in [5, 5.41) is 3.81. The molecule has 0 aromatic heterocycles. The number of benzene rings is 2. The predicted octanol–water partition coefficient (Wildman–Crippen LogP) is 5.92. The predicted molar refractivity (Wildman–Crippen MR) is 116 cm³/mol. The van der Waals surface area contributed by atoms with E-state index in [2.05, 4.69) is 31.3 Å². The zero-order chi connectivity index (χ0) is 19.5. The molecule has 3 nitrogen and oxygen atoms in total. The van der Waals surface area contributed by atoms with Crippen molar-refractivity contribution >= 4 is 11.8 Å². The number of ether oxygens (including phenoxy) is 2. The highest BCUT2D eigenvalue weighted by Gasteiger charge is 2.30. The van der Waals surface area contributed by atoms with Gasteiger partial charge in [0.15, 0.2) is 11.5 Å². The summed E-state index contributed by atoms with van der Waals surface area (Å²) in [6.07, 6.45) is 4.95. The molecule has 2 aromatic carbocycles. The largest absolute Gasteiger partial charge is 0.493 e. The molecule has 0 aliphatic carbocycles. The van der Waals surface area contributed by atoms with E-state index in [1.165, 1.54) is 36.1 Å². The van der Waals surface area contributed by atoms with Crippen LogP contribution in [-0.2, 0) is 6.54 Å². The normalized spacial score (nSPS) is 18.5. The first-order valence-electron chi connectivity index (χ1n) is 9.80. The summed E-state index contributed by atoms with van der Waals surface area (Å²) >= 11 is 1.94. The van der Waals surface area contributed by atoms with Crippen molar-refractivity contribution < 1.29 is 9.47 Å². The smallest absolute Gasteiger partial charge is 0.161 e. The van der Waals surface area contributed by atoms with Crippen LogP contribution in [0.25, 0.3) is 0 Å². The molecular weight excluding hydrogens is 354 g/mol. The number of hydrogen-bond donors (Lipinski definition) is 1. The molecule has 0 saturated carbocycles. The number of nitrogens with one attached hydrogen (secondary N) is 1. The van der Waals surface area contributed by atoms with Crippen LogP contribution in [0.2, 0.25) is 0 Å². The van der Waals surface area contributed by atoms with Crippen LogP contribution in [0, 0.1) is 0 Å². The Morgan fingerprint density at radius 1 is 0.963 bits per heavy atom. The first kappa shape index (κ1) is 21.6. The van der Waals surface area contributed by atoms with Crippen LogP contribution in [-0.4, -0.2) is 25.5 Å². The Bertz CT molecular complexity index is 614. The van der Waals surface area contributed by atoms with Crippen molar-refractivity contribution in [3.63, 3.8) is 0 Å². The SMILES string of the molecule is CCCC[C@]1(CC)CSc2cc(OC)c(OC)cc2CN1.c1ccccc1. The van der Waals surface area contributed by atoms with Crippen LogP contribution < -0.4 is 14.8 Å². The van der Waals surface area contributed by atoms with Crippen LogP contribution in [0.5, 0.6) is 11.5 Å². The molecule has 0 unspecified atom stereocenters. The lowest BCUT2D eigenvalue weighted by atomic mass is 9.91. The molecule has 0 saturated heterocycles. The van der Waals surface area contributed by atoms with E-state index in [0.717, 1.165) is 23.8 Å². The summed E-state index contributed by atoms with van der Waals surface area (Å²) in [5.41, 5.74) is 1.56. The van der Waals surface area contributed by atoms with Crippen molar-refractivity contribution in [3.8, 4) is 11.5 Å². The first-order valence-corrected chi connectivity index (χ1v) is 10.8. The molecule has 1 aliphatic heterocycles. The van der Waals surface area contributed by atoms with Crippen LogP contribution in [0.4, 0.5) is 0 Å². The lowest BCUT2D eigenvalue weighted by Gasteiger charge is -2.32. The molecule has 4 heteroatoms. The van der Waals surface area contributed by atoms with E-state index < -0.39 is 0 Å². The molecule has 0 spiro atoms. The highest BCUT2D eigenvalue weighted by atomic mass is 32.2. The van der Waals surface area contributed by atoms with Crippen LogP contribution in [0.1, 0.15) is 45.1 Å². The second-order valence-electron chi connectivity index (χ2n) is 6.85. The van der Waals surface area contributed by atoms with Crippen molar-refractivity contribution in [2.75, 3.05) is 20.0 Å². The molecule has 2 aromatic rings. The molecule has 27 heavy (non-hydrogen) atoms. The minimum Gasteiger partial charge on any atom is -0.493 e. The van der Waals surface area contributed by atoms with E-state index in [0.29, 0.717) is 0 Å². The minimum absolute atomic E-state index is 0.250. The fraction of sp³-hybridized carbons (Fsp3) is 0.478. The molecule has 0 radical (unpaired) electrons. The van der Waals surface area contributed by atoms with Gasteiger partial charge in [0.2, 0.25) is 0 Å². The van der Waals surface area contributed by atoms with Gasteiger partial charge in [-0.1, -0.05) is 63.1 Å². The third kappa shape index (κ3) is 6.18. The van der Waals surface area contributed by atoms with Crippen LogP contribution >= 0.6 is 11.8 Å². The maximum absolute atomic E-state index is 5.43. The number of fused-ring (bicyclic) bond motifs is 1. The zero-order valence-electron chi connectivity index (χ0n) is 17.1. The molecule has 1 heterocycles. The van der Waals surface area contributed by atoms with E-state index >= 15 is 0 Å². The van der Waals surface area contributed by atoms with E-state index in [-0.39, 0.29) is 5.54 Å². The third-order valence-electron chi connectivity index (χ3n) is 5.08. The Balaban J connectivity index is 0.000000369. The number of thioether (sulfide) groups is 1. The van der Waals surface area contributed by atoms with E-state index in [9.17, 15) is 0 Å². The van der Waals surface area contributed by atoms with E-state index in [4.69, 9.17) is 9.47 Å². The molecule has 3 rings (SSSR count). The molecular formula is C23H33NO2S. The van der Waals surface area contributed by atoms with Gasteiger partial charge in [-0.05, 0) is 30.5 Å². The molecule has 0 bridgehead atoms. The average molecular weight is 388 g/mol. The summed E-state index contributed by atoms with van der Waals surface area (Å²) < 4.78 is 10.9. The topological polar surface area (TPSA) is 30.5 Å². The lowest BCUT2D eigenvalue weighted by molar-refractivity contribution is 0.316. The van der Waals surface area contributed by atoms with Gasteiger partial charge in [-0.25, -0.2) is 0 Å². The monoisotopic (exact) mass is 387 g/mol. The van der Waals surface area contributed by atoms with Crippen molar-refractivity contribution in [1.29, 1.82) is 0 Å². The van der Waals surface area contributed by atoms with Crippen molar-refractivity contribution in [2.24, 2.45) is 0 Å². The molecule has 1 aliphatic rings. The second kappa shape index (κ2) is 11.3. The summed E-state index contributed by atoms with van der Waals surface area (Å²) in [6, 6.07) is 16.2. The Hall–Kier alpha value is -1.65. The number of methoxy groups -OCH3 is 2. The van der Waals surface area contributed by atoms with Crippen molar-refractivity contribution in [1.82, 2.24) is 5.32 Å². The van der Waals surface area contributed by atoms with Gasteiger partial charge in [0, 0.05) is 22.7 Å². The van der Waals surface area contributed by atoms with E-state index in [1.54, 1.807) is 14.2 Å². The second-order valence-corrected chi connectivity index (χ2v) is 7.87. The van der Waals surface area contributed by atoms with Gasteiger partial charge >= 0.3 is 0 Å². The van der Waals surface area contributed by atoms with E-state index in [1.807, 2.05) is 48.2 Å². The zero-order valence-corrected chi connectivity index (χ0v) is 17.9. The summed E-state index contributed by atoms with van der Waals surface area (Å²) in [6.45, 7) is 5.46. The molecule has 1 N–H and O–H groups in total. The average Bonchev–Trinajstić information content (AvgIpc) is 2.92. The number of unbranched alkanes of at least 4 members (excludes halogenated alkanes) is 1. The van der Waals surface area contributed by atoms with Gasteiger partial charge in [0.25, 0.3) is 0 Å². The maximum Gasteiger partial charge on any atom is 0.161 e. The summed E-state index contributed by atoms with van der Waals surface area (Å²) in [4.78, 5) is 1.31. The number of rotatable bonds is 6. The van der Waals surface area contributed by atoms with Crippen molar-refractivity contribution in [3.05, 3.63) is 54.1 Å². The van der Waals surface area contributed by atoms with Gasteiger partial charge in [-0.3, -0.25) is 0 Å². The van der Waals surface area contributed by atoms with Gasteiger partial charge in [-0.2, -0.15) is 0 Å². The summed E-state index contributed by atoms with van der Waals surface area (Å²) in [5.74, 6) is 2.75. The Labute approximate surface area is 168 Å². The Morgan fingerprint density at radius 3 is 2.07 bits per heavy atom. The lowest BCUT2D eigenvalue weighted by Crippen LogP contribution is -2.45. The van der Waals surface area contributed by atoms with Gasteiger partial charge in [-0.15, -0.1) is 11.8 Å². The third-order valence-corrected chi connectivity index (χ3v) is 6.46. The number of hydrogen-bond acceptors (Lipinski definition) is 4. The van der Waals surface area contributed by atoms with Crippen LogP contribution in [0.3, 0.4) is 0 Å². The molecule has 148 valence electrons. The highest BCUT2D eigenvalue weighted by molar-refractivity contribution is 7.99. The van der Waals surface area contributed by atoms with Crippen molar-refractivity contribution in [2.45, 2.75) is 56.5 Å².